The Morgan fingerprint density at radius 2 is 1.75 bits per heavy atom. The van der Waals surface area contributed by atoms with E-state index in [9.17, 15) is 14.4 Å². The Kier molecular flexibility index (Phi) is 7.41. The fraction of sp³-hybridized carbons (Fsp3) is 0.471. The van der Waals surface area contributed by atoms with Crippen LogP contribution in [0.3, 0.4) is 0 Å². The van der Waals surface area contributed by atoms with Crippen LogP contribution in [0.15, 0.2) is 28.7 Å². The predicted molar refractivity (Wildman–Crippen MR) is 94.4 cm³/mol. The molecule has 0 heterocycles. The number of rotatable bonds is 7. The number of halogens is 1. The smallest absolute Gasteiger partial charge is 0.305 e. The third-order valence-corrected chi connectivity index (χ3v) is 3.83. The van der Waals surface area contributed by atoms with Crippen molar-refractivity contribution in [2.45, 2.75) is 39.7 Å². The molecule has 0 radical (unpaired) electrons. The van der Waals surface area contributed by atoms with Crippen LogP contribution in [0.1, 0.15) is 45.2 Å². The summed E-state index contributed by atoms with van der Waals surface area (Å²) >= 11 is 3.32. The molecule has 3 N–H and O–H groups in total. The topological polar surface area (TPSA) is 95.5 Å². The number of aliphatic carboxylic acids is 1. The first-order valence-corrected chi connectivity index (χ1v) is 8.44. The van der Waals surface area contributed by atoms with Gasteiger partial charge in [-0.2, -0.15) is 0 Å². The molecule has 6 nitrogen and oxygen atoms in total. The van der Waals surface area contributed by atoms with Gasteiger partial charge in [-0.3, -0.25) is 14.4 Å². The average molecular weight is 399 g/mol. The van der Waals surface area contributed by atoms with Crippen molar-refractivity contribution in [2.75, 3.05) is 6.54 Å². The molecule has 24 heavy (non-hydrogen) atoms. The van der Waals surface area contributed by atoms with E-state index >= 15 is 0 Å². The molecule has 0 aliphatic rings. The van der Waals surface area contributed by atoms with Crippen LogP contribution >= 0.6 is 15.9 Å². The number of hydrogen-bond donors (Lipinski definition) is 3. The Balaban J connectivity index is 2.60. The summed E-state index contributed by atoms with van der Waals surface area (Å²) in [5.74, 6) is -1.44. The first kappa shape index (κ1) is 20.2. The predicted octanol–water partition coefficient (Wildman–Crippen LogP) is 2.63. The number of benzene rings is 1. The standard InChI is InChI=1S/C17H23BrN2O4/c1-17(2,3)16(24)19-9-8-14(21)20-13(10-15(22)23)11-4-6-12(18)7-5-11/h4-7,13H,8-10H2,1-3H3,(H,19,24)(H,20,21)(H,22,23). The fourth-order valence-electron chi connectivity index (χ4n) is 1.94. The van der Waals surface area contributed by atoms with E-state index in [2.05, 4.69) is 26.6 Å². The van der Waals surface area contributed by atoms with Crippen LogP contribution in [0, 0.1) is 5.41 Å². The molecule has 1 atom stereocenters. The summed E-state index contributed by atoms with van der Waals surface area (Å²) in [5, 5.41) is 14.4. The minimum absolute atomic E-state index is 0.0917. The van der Waals surface area contributed by atoms with Crippen molar-refractivity contribution in [1.82, 2.24) is 10.6 Å². The lowest BCUT2D eigenvalue weighted by Crippen LogP contribution is -2.38. The molecule has 0 aliphatic carbocycles. The van der Waals surface area contributed by atoms with Gasteiger partial charge in [-0.25, -0.2) is 0 Å². The zero-order valence-corrected chi connectivity index (χ0v) is 15.6. The van der Waals surface area contributed by atoms with Gasteiger partial charge in [-0.15, -0.1) is 0 Å². The van der Waals surface area contributed by atoms with Crippen molar-refractivity contribution < 1.29 is 19.5 Å². The van der Waals surface area contributed by atoms with E-state index in [1.54, 1.807) is 45.0 Å². The monoisotopic (exact) mass is 398 g/mol. The van der Waals surface area contributed by atoms with E-state index in [0.717, 1.165) is 4.47 Å². The molecule has 0 aromatic heterocycles. The molecule has 2 amide bonds. The number of carboxylic acid groups (broad SMARTS) is 1. The molecular formula is C17H23BrN2O4. The third-order valence-electron chi connectivity index (χ3n) is 3.31. The van der Waals surface area contributed by atoms with Crippen molar-refractivity contribution in [3.63, 3.8) is 0 Å². The van der Waals surface area contributed by atoms with E-state index in [4.69, 9.17) is 5.11 Å². The van der Waals surface area contributed by atoms with Gasteiger partial charge in [0.1, 0.15) is 0 Å². The van der Waals surface area contributed by atoms with Gasteiger partial charge >= 0.3 is 5.97 Å². The minimum Gasteiger partial charge on any atom is -0.481 e. The van der Waals surface area contributed by atoms with Crippen molar-refractivity contribution in [2.24, 2.45) is 5.41 Å². The molecule has 0 fully saturated rings. The van der Waals surface area contributed by atoms with Crippen LogP contribution < -0.4 is 10.6 Å². The highest BCUT2D eigenvalue weighted by molar-refractivity contribution is 9.10. The highest BCUT2D eigenvalue weighted by atomic mass is 79.9. The van der Waals surface area contributed by atoms with Crippen molar-refractivity contribution in [3.05, 3.63) is 34.3 Å². The van der Waals surface area contributed by atoms with Crippen LogP contribution in [0.25, 0.3) is 0 Å². The lowest BCUT2D eigenvalue weighted by molar-refractivity contribution is -0.137. The third kappa shape index (κ3) is 7.12. The van der Waals surface area contributed by atoms with Crippen LogP contribution in [-0.4, -0.2) is 29.4 Å². The van der Waals surface area contributed by atoms with E-state index in [-0.39, 0.29) is 31.2 Å². The molecule has 0 bridgehead atoms. The normalized spacial score (nSPS) is 12.3. The second kappa shape index (κ2) is 8.82. The average Bonchev–Trinajstić information content (AvgIpc) is 2.45. The summed E-state index contributed by atoms with van der Waals surface area (Å²) in [6, 6.07) is 6.50. The maximum absolute atomic E-state index is 12.0. The van der Waals surface area contributed by atoms with E-state index in [1.807, 2.05) is 0 Å². The quantitative estimate of drug-likeness (QED) is 0.657. The number of carbonyl (C=O) groups excluding carboxylic acids is 2. The zero-order chi connectivity index (χ0) is 18.3. The van der Waals surface area contributed by atoms with Crippen molar-refractivity contribution in [1.29, 1.82) is 0 Å². The number of nitrogens with one attached hydrogen (secondary N) is 2. The maximum atomic E-state index is 12.0. The molecule has 0 saturated heterocycles. The Bertz CT molecular complexity index is 594. The molecule has 1 aromatic carbocycles. The van der Waals surface area contributed by atoms with Crippen molar-refractivity contribution >= 4 is 33.7 Å². The Morgan fingerprint density at radius 3 is 2.25 bits per heavy atom. The number of carbonyl (C=O) groups is 3. The fourth-order valence-corrected chi connectivity index (χ4v) is 2.21. The first-order chi connectivity index (χ1) is 11.1. The van der Waals surface area contributed by atoms with Crippen LogP contribution in [0.4, 0.5) is 0 Å². The summed E-state index contributed by atoms with van der Waals surface area (Å²) in [6.07, 6.45) is -0.115. The van der Waals surface area contributed by atoms with Crippen LogP contribution in [0.5, 0.6) is 0 Å². The van der Waals surface area contributed by atoms with Gasteiger partial charge in [0.2, 0.25) is 11.8 Å². The number of hydrogen-bond acceptors (Lipinski definition) is 3. The molecule has 0 saturated carbocycles. The second-order valence-electron chi connectivity index (χ2n) is 6.53. The molecule has 132 valence electrons. The molecule has 7 heteroatoms. The van der Waals surface area contributed by atoms with Gasteiger partial charge in [-0.1, -0.05) is 48.8 Å². The molecule has 1 aromatic rings. The highest BCUT2D eigenvalue weighted by Gasteiger charge is 2.21. The van der Waals surface area contributed by atoms with Crippen LogP contribution in [-0.2, 0) is 14.4 Å². The first-order valence-electron chi connectivity index (χ1n) is 7.64. The number of carboxylic acids is 1. The van der Waals surface area contributed by atoms with Gasteiger partial charge in [0.15, 0.2) is 0 Å². The van der Waals surface area contributed by atoms with Gasteiger partial charge in [-0.05, 0) is 17.7 Å². The Hall–Kier alpha value is -1.89. The van der Waals surface area contributed by atoms with Gasteiger partial charge in [0, 0.05) is 22.9 Å². The summed E-state index contributed by atoms with van der Waals surface area (Å²) in [4.78, 5) is 34.8. The van der Waals surface area contributed by atoms with Crippen molar-refractivity contribution in [3.8, 4) is 0 Å². The SMILES string of the molecule is CC(C)(C)C(=O)NCCC(=O)NC(CC(=O)O)c1ccc(Br)cc1. The highest BCUT2D eigenvalue weighted by Crippen LogP contribution is 2.20. The van der Waals surface area contributed by atoms with Crippen LogP contribution in [0.2, 0.25) is 0 Å². The molecule has 1 unspecified atom stereocenters. The molecule has 1 rings (SSSR count). The van der Waals surface area contributed by atoms with E-state index < -0.39 is 17.4 Å². The Morgan fingerprint density at radius 1 is 1.17 bits per heavy atom. The minimum atomic E-state index is -0.996. The van der Waals surface area contributed by atoms with E-state index in [0.29, 0.717) is 5.56 Å². The summed E-state index contributed by atoms with van der Waals surface area (Å²) in [6.45, 7) is 5.58. The zero-order valence-electron chi connectivity index (χ0n) is 14.1. The molecule has 0 aliphatic heterocycles. The van der Waals surface area contributed by atoms with Gasteiger partial charge in [0.25, 0.3) is 0 Å². The maximum Gasteiger partial charge on any atom is 0.305 e. The summed E-state index contributed by atoms with van der Waals surface area (Å²) in [7, 11) is 0. The van der Waals surface area contributed by atoms with E-state index in [1.165, 1.54) is 0 Å². The number of amides is 2. The second-order valence-corrected chi connectivity index (χ2v) is 7.44. The van der Waals surface area contributed by atoms with Gasteiger partial charge in [0.05, 0.1) is 12.5 Å². The lowest BCUT2D eigenvalue weighted by Gasteiger charge is -2.19. The largest absolute Gasteiger partial charge is 0.481 e. The molecular weight excluding hydrogens is 376 g/mol. The summed E-state index contributed by atoms with van der Waals surface area (Å²) in [5.41, 5.74) is 0.201. The Labute approximate surface area is 150 Å². The summed E-state index contributed by atoms with van der Waals surface area (Å²) < 4.78 is 0.872. The molecule has 0 spiro atoms. The lowest BCUT2D eigenvalue weighted by atomic mass is 9.96. The van der Waals surface area contributed by atoms with Gasteiger partial charge < -0.3 is 15.7 Å².